The van der Waals surface area contributed by atoms with Crippen molar-refractivity contribution < 1.29 is 4.79 Å². The van der Waals surface area contributed by atoms with Crippen LogP contribution < -0.4 is 0 Å². The standard InChI is InChI=1S/C16H23ClN2O/c1-11-9-12(10-14(17)18-11)15(20)19(4)13-5-7-16(2,3)8-6-13/h9-10,13H,5-8H2,1-4H3. The molecule has 20 heavy (non-hydrogen) atoms. The number of pyridine rings is 1. The largest absolute Gasteiger partial charge is 0.339 e. The molecule has 0 N–H and O–H groups in total. The van der Waals surface area contributed by atoms with E-state index in [1.54, 1.807) is 12.1 Å². The minimum atomic E-state index is 0.0436. The highest BCUT2D eigenvalue weighted by Gasteiger charge is 2.30. The van der Waals surface area contributed by atoms with E-state index in [-0.39, 0.29) is 5.91 Å². The number of nitrogens with zero attached hydrogens (tertiary/aromatic N) is 2. The van der Waals surface area contributed by atoms with Crippen molar-refractivity contribution in [3.8, 4) is 0 Å². The summed E-state index contributed by atoms with van der Waals surface area (Å²) >= 11 is 5.94. The Morgan fingerprint density at radius 1 is 1.35 bits per heavy atom. The van der Waals surface area contributed by atoms with Gasteiger partial charge < -0.3 is 4.90 Å². The summed E-state index contributed by atoms with van der Waals surface area (Å²) in [5, 5.41) is 0.381. The first-order chi connectivity index (χ1) is 9.28. The topological polar surface area (TPSA) is 33.2 Å². The maximum atomic E-state index is 12.5. The third-order valence-electron chi connectivity index (χ3n) is 4.35. The predicted molar refractivity (Wildman–Crippen MR) is 82.1 cm³/mol. The molecule has 1 aliphatic rings. The molecule has 0 aliphatic heterocycles. The Morgan fingerprint density at radius 3 is 2.50 bits per heavy atom. The van der Waals surface area contributed by atoms with Crippen LogP contribution in [0.3, 0.4) is 0 Å². The van der Waals surface area contributed by atoms with Crippen LogP contribution in [0.5, 0.6) is 0 Å². The number of aryl methyl sites for hydroxylation is 1. The van der Waals surface area contributed by atoms with Gasteiger partial charge in [0.2, 0.25) is 0 Å². The lowest BCUT2D eigenvalue weighted by Gasteiger charge is -2.38. The van der Waals surface area contributed by atoms with Gasteiger partial charge in [0.15, 0.2) is 0 Å². The van der Waals surface area contributed by atoms with E-state index in [9.17, 15) is 4.79 Å². The van der Waals surface area contributed by atoms with Gasteiger partial charge in [0, 0.05) is 24.3 Å². The van der Waals surface area contributed by atoms with Crippen molar-refractivity contribution in [2.75, 3.05) is 7.05 Å². The fraction of sp³-hybridized carbons (Fsp3) is 0.625. The van der Waals surface area contributed by atoms with E-state index in [1.807, 2.05) is 18.9 Å². The fourth-order valence-electron chi connectivity index (χ4n) is 2.89. The Bertz CT molecular complexity index is 483. The molecule has 4 heteroatoms. The molecule has 1 fully saturated rings. The molecule has 1 amide bonds. The van der Waals surface area contributed by atoms with Crippen LogP contribution in [0.2, 0.25) is 5.15 Å². The van der Waals surface area contributed by atoms with Crippen molar-refractivity contribution >= 4 is 17.5 Å². The number of carbonyl (C=O) groups excluding carboxylic acids is 1. The average Bonchev–Trinajstić information content (AvgIpc) is 2.36. The van der Waals surface area contributed by atoms with E-state index in [0.717, 1.165) is 18.5 Å². The first kappa shape index (κ1) is 15.3. The van der Waals surface area contributed by atoms with Crippen molar-refractivity contribution in [1.29, 1.82) is 0 Å². The summed E-state index contributed by atoms with van der Waals surface area (Å²) in [6.45, 7) is 6.46. The molecule has 0 saturated heterocycles. The van der Waals surface area contributed by atoms with Crippen LogP contribution in [0.1, 0.15) is 55.6 Å². The summed E-state index contributed by atoms with van der Waals surface area (Å²) in [5.41, 5.74) is 1.82. The predicted octanol–water partition coefficient (Wildman–Crippen LogP) is 4.08. The van der Waals surface area contributed by atoms with E-state index in [2.05, 4.69) is 18.8 Å². The minimum Gasteiger partial charge on any atom is -0.339 e. The third-order valence-corrected chi connectivity index (χ3v) is 4.54. The molecule has 0 bridgehead atoms. The molecule has 0 spiro atoms. The van der Waals surface area contributed by atoms with Crippen molar-refractivity contribution in [2.24, 2.45) is 5.41 Å². The quantitative estimate of drug-likeness (QED) is 0.770. The summed E-state index contributed by atoms with van der Waals surface area (Å²) in [6.07, 6.45) is 4.50. The molecule has 1 heterocycles. The summed E-state index contributed by atoms with van der Waals surface area (Å²) in [5.74, 6) is 0.0436. The van der Waals surface area contributed by atoms with E-state index in [1.165, 1.54) is 12.8 Å². The second-order valence-electron chi connectivity index (χ2n) is 6.63. The van der Waals surface area contributed by atoms with E-state index in [0.29, 0.717) is 22.2 Å². The second-order valence-corrected chi connectivity index (χ2v) is 7.02. The van der Waals surface area contributed by atoms with Crippen LogP contribution in [0.25, 0.3) is 0 Å². The molecule has 2 rings (SSSR count). The minimum absolute atomic E-state index is 0.0436. The highest BCUT2D eigenvalue weighted by atomic mass is 35.5. The van der Waals surface area contributed by atoms with E-state index < -0.39 is 0 Å². The van der Waals surface area contributed by atoms with Gasteiger partial charge in [-0.1, -0.05) is 25.4 Å². The number of hydrogen-bond donors (Lipinski definition) is 0. The first-order valence-corrected chi connectivity index (χ1v) is 7.58. The van der Waals surface area contributed by atoms with Crippen molar-refractivity contribution in [3.63, 3.8) is 0 Å². The van der Waals surface area contributed by atoms with Crippen molar-refractivity contribution in [3.05, 3.63) is 28.5 Å². The zero-order chi connectivity index (χ0) is 14.9. The van der Waals surface area contributed by atoms with Gasteiger partial charge in [-0.2, -0.15) is 0 Å². The maximum Gasteiger partial charge on any atom is 0.254 e. The Labute approximate surface area is 126 Å². The summed E-state index contributed by atoms with van der Waals surface area (Å²) in [4.78, 5) is 18.5. The maximum absolute atomic E-state index is 12.5. The number of halogens is 1. The van der Waals surface area contributed by atoms with Gasteiger partial charge in [-0.05, 0) is 50.2 Å². The van der Waals surface area contributed by atoms with Gasteiger partial charge in [-0.25, -0.2) is 4.98 Å². The van der Waals surface area contributed by atoms with Gasteiger partial charge >= 0.3 is 0 Å². The molecule has 110 valence electrons. The van der Waals surface area contributed by atoms with Crippen molar-refractivity contribution in [1.82, 2.24) is 9.88 Å². The second kappa shape index (κ2) is 5.72. The molecule has 1 saturated carbocycles. The lowest BCUT2D eigenvalue weighted by atomic mass is 9.75. The number of aromatic nitrogens is 1. The third kappa shape index (κ3) is 3.51. The van der Waals surface area contributed by atoms with Gasteiger partial charge in [0.05, 0.1) is 0 Å². The van der Waals surface area contributed by atoms with Gasteiger partial charge in [-0.3, -0.25) is 4.79 Å². The lowest BCUT2D eigenvalue weighted by Crippen LogP contribution is -2.40. The monoisotopic (exact) mass is 294 g/mol. The number of carbonyl (C=O) groups is 1. The van der Waals surface area contributed by atoms with Gasteiger partial charge in [-0.15, -0.1) is 0 Å². The van der Waals surface area contributed by atoms with E-state index >= 15 is 0 Å². The SMILES string of the molecule is Cc1cc(C(=O)N(C)C2CCC(C)(C)CC2)cc(Cl)n1. The molecule has 1 aliphatic carbocycles. The molecule has 1 aromatic heterocycles. The first-order valence-electron chi connectivity index (χ1n) is 7.20. The van der Waals surface area contributed by atoms with Crippen LogP contribution in [-0.4, -0.2) is 28.9 Å². The smallest absolute Gasteiger partial charge is 0.254 e. The zero-order valence-corrected chi connectivity index (χ0v) is 13.5. The molecule has 0 atom stereocenters. The van der Waals surface area contributed by atoms with Crippen LogP contribution in [0, 0.1) is 12.3 Å². The molecule has 0 unspecified atom stereocenters. The molecule has 3 nitrogen and oxygen atoms in total. The average molecular weight is 295 g/mol. The summed E-state index contributed by atoms with van der Waals surface area (Å²) < 4.78 is 0. The van der Waals surface area contributed by atoms with Crippen molar-refractivity contribution in [2.45, 2.75) is 52.5 Å². The Kier molecular flexibility index (Phi) is 4.38. The molecular weight excluding hydrogens is 272 g/mol. The van der Waals surface area contributed by atoms with Crippen LogP contribution in [0.15, 0.2) is 12.1 Å². The van der Waals surface area contributed by atoms with E-state index in [4.69, 9.17) is 11.6 Å². The van der Waals surface area contributed by atoms with Gasteiger partial charge in [0.1, 0.15) is 5.15 Å². The molecule has 0 radical (unpaired) electrons. The van der Waals surface area contributed by atoms with Gasteiger partial charge in [0.25, 0.3) is 5.91 Å². The molecule has 1 aromatic rings. The Balaban J connectivity index is 2.09. The molecule has 0 aromatic carbocycles. The number of rotatable bonds is 2. The van der Waals surface area contributed by atoms with Crippen LogP contribution >= 0.6 is 11.6 Å². The highest BCUT2D eigenvalue weighted by molar-refractivity contribution is 6.29. The zero-order valence-electron chi connectivity index (χ0n) is 12.7. The lowest BCUT2D eigenvalue weighted by molar-refractivity contribution is 0.0635. The normalized spacial score (nSPS) is 18.9. The number of amides is 1. The van der Waals surface area contributed by atoms with Crippen LogP contribution in [0.4, 0.5) is 0 Å². The summed E-state index contributed by atoms with van der Waals surface area (Å²) in [7, 11) is 1.90. The molecular formula is C16H23ClN2O. The summed E-state index contributed by atoms with van der Waals surface area (Å²) in [6, 6.07) is 3.79. The van der Waals surface area contributed by atoms with Crippen LogP contribution in [-0.2, 0) is 0 Å². The Hall–Kier alpha value is -1.09. The Morgan fingerprint density at radius 2 is 1.95 bits per heavy atom. The highest BCUT2D eigenvalue weighted by Crippen LogP contribution is 2.36. The fourth-order valence-corrected chi connectivity index (χ4v) is 3.14. The number of hydrogen-bond acceptors (Lipinski definition) is 2.